The molecule has 0 spiro atoms. The highest BCUT2D eigenvalue weighted by molar-refractivity contribution is 5.08. The zero-order valence-electron chi connectivity index (χ0n) is 9.41. The van der Waals surface area contributed by atoms with Gasteiger partial charge in [-0.3, -0.25) is 4.90 Å². The molecule has 4 nitrogen and oxygen atoms in total. The number of nitrogens with zero attached hydrogens (tertiary/aromatic N) is 1. The lowest BCUT2D eigenvalue weighted by atomic mass is 9.88. The lowest BCUT2D eigenvalue weighted by Crippen LogP contribution is -2.58. The van der Waals surface area contributed by atoms with Crippen molar-refractivity contribution in [3.63, 3.8) is 0 Å². The summed E-state index contributed by atoms with van der Waals surface area (Å²) < 4.78 is 0. The predicted octanol–water partition coefficient (Wildman–Crippen LogP) is -0.476. The van der Waals surface area contributed by atoms with Gasteiger partial charge in [0.15, 0.2) is 0 Å². The smallest absolute Gasteiger partial charge is 0.0473 e. The molecule has 88 valence electrons. The van der Waals surface area contributed by atoms with Gasteiger partial charge in [-0.15, -0.1) is 0 Å². The summed E-state index contributed by atoms with van der Waals surface area (Å²) >= 11 is 0. The summed E-state index contributed by atoms with van der Waals surface area (Å²) in [5, 5.41) is 12.4. The topological polar surface area (TPSA) is 61.5 Å². The van der Waals surface area contributed by atoms with Gasteiger partial charge in [0.05, 0.1) is 0 Å². The molecule has 0 aromatic heterocycles. The van der Waals surface area contributed by atoms with Gasteiger partial charge < -0.3 is 16.2 Å². The Morgan fingerprint density at radius 3 is 3.07 bits per heavy atom. The number of aliphatic hydroxyl groups excluding tert-OH is 1. The molecule has 0 radical (unpaired) electrons. The first-order chi connectivity index (χ1) is 7.32. The molecule has 2 aliphatic heterocycles. The molecule has 2 saturated heterocycles. The van der Waals surface area contributed by atoms with Crippen molar-refractivity contribution in [1.29, 1.82) is 0 Å². The van der Waals surface area contributed by atoms with Crippen molar-refractivity contribution in [3.05, 3.63) is 0 Å². The molecule has 0 bridgehead atoms. The number of aliphatic hydroxyl groups is 1. The van der Waals surface area contributed by atoms with Gasteiger partial charge in [0.25, 0.3) is 0 Å². The third-order valence-electron chi connectivity index (χ3n) is 4.02. The molecule has 4 heteroatoms. The minimum Gasteiger partial charge on any atom is -0.396 e. The molecule has 0 aliphatic carbocycles. The van der Waals surface area contributed by atoms with Crippen LogP contribution in [0.2, 0.25) is 0 Å². The largest absolute Gasteiger partial charge is 0.396 e. The first kappa shape index (κ1) is 11.3. The summed E-state index contributed by atoms with van der Waals surface area (Å²) in [7, 11) is 0. The molecular formula is C11H23N3O. The SMILES string of the molecule is NCC1(NCCCO)CCN2CCCC21. The minimum absolute atomic E-state index is 0.131. The minimum atomic E-state index is 0.131. The Hall–Kier alpha value is -0.160. The standard InChI is InChI=1S/C11H23N3O/c12-9-11(13-5-2-8-15)4-7-14-6-1-3-10(11)14/h10,13,15H,1-9,12H2. The fourth-order valence-electron chi connectivity index (χ4n) is 3.16. The van der Waals surface area contributed by atoms with Crippen LogP contribution in [-0.2, 0) is 0 Å². The third-order valence-corrected chi connectivity index (χ3v) is 4.02. The highest BCUT2D eigenvalue weighted by Crippen LogP contribution is 2.35. The Balaban J connectivity index is 1.95. The number of nitrogens with two attached hydrogens (primary N) is 1. The van der Waals surface area contributed by atoms with Crippen LogP contribution in [0.1, 0.15) is 25.7 Å². The fourth-order valence-corrected chi connectivity index (χ4v) is 3.16. The Morgan fingerprint density at radius 1 is 1.47 bits per heavy atom. The zero-order chi connectivity index (χ0) is 10.7. The molecule has 2 fully saturated rings. The molecule has 2 aliphatic rings. The molecule has 0 aromatic rings. The number of hydrogen-bond acceptors (Lipinski definition) is 4. The van der Waals surface area contributed by atoms with Gasteiger partial charge in [0.2, 0.25) is 0 Å². The molecule has 0 amide bonds. The maximum atomic E-state index is 8.80. The number of fused-ring (bicyclic) bond motifs is 1. The van der Waals surface area contributed by atoms with Crippen molar-refractivity contribution < 1.29 is 5.11 Å². The molecule has 2 rings (SSSR count). The van der Waals surface area contributed by atoms with Crippen LogP contribution < -0.4 is 11.1 Å². The maximum absolute atomic E-state index is 8.80. The van der Waals surface area contributed by atoms with E-state index in [0.29, 0.717) is 6.04 Å². The van der Waals surface area contributed by atoms with Crippen LogP contribution in [0.4, 0.5) is 0 Å². The van der Waals surface area contributed by atoms with Gasteiger partial charge in [0.1, 0.15) is 0 Å². The van der Waals surface area contributed by atoms with Gasteiger partial charge in [-0.05, 0) is 38.8 Å². The van der Waals surface area contributed by atoms with E-state index < -0.39 is 0 Å². The van der Waals surface area contributed by atoms with E-state index >= 15 is 0 Å². The van der Waals surface area contributed by atoms with Gasteiger partial charge in [-0.2, -0.15) is 0 Å². The summed E-state index contributed by atoms with van der Waals surface area (Å²) in [5.41, 5.74) is 6.09. The van der Waals surface area contributed by atoms with Gasteiger partial charge in [-0.1, -0.05) is 0 Å². The van der Waals surface area contributed by atoms with Crippen molar-refractivity contribution in [3.8, 4) is 0 Å². The van der Waals surface area contributed by atoms with E-state index in [9.17, 15) is 0 Å². The van der Waals surface area contributed by atoms with Crippen LogP contribution in [0.3, 0.4) is 0 Å². The molecule has 2 unspecified atom stereocenters. The summed E-state index contributed by atoms with van der Waals surface area (Å²) in [6.07, 6.45) is 4.59. The van der Waals surface area contributed by atoms with Crippen LogP contribution in [0.15, 0.2) is 0 Å². The van der Waals surface area contributed by atoms with E-state index in [4.69, 9.17) is 10.8 Å². The van der Waals surface area contributed by atoms with Crippen molar-refractivity contribution >= 4 is 0 Å². The monoisotopic (exact) mass is 213 g/mol. The van der Waals surface area contributed by atoms with Crippen LogP contribution in [-0.4, -0.2) is 54.4 Å². The second-order valence-electron chi connectivity index (χ2n) is 4.81. The Labute approximate surface area is 91.8 Å². The van der Waals surface area contributed by atoms with E-state index in [1.165, 1.54) is 32.4 Å². The zero-order valence-corrected chi connectivity index (χ0v) is 9.41. The highest BCUT2D eigenvalue weighted by Gasteiger charge is 2.47. The van der Waals surface area contributed by atoms with Crippen molar-refractivity contribution in [1.82, 2.24) is 10.2 Å². The van der Waals surface area contributed by atoms with Crippen molar-refractivity contribution in [2.24, 2.45) is 5.73 Å². The average molecular weight is 213 g/mol. The second kappa shape index (κ2) is 4.78. The van der Waals surface area contributed by atoms with E-state index in [1.54, 1.807) is 0 Å². The fraction of sp³-hybridized carbons (Fsp3) is 1.00. The summed E-state index contributed by atoms with van der Waals surface area (Å²) in [4.78, 5) is 2.57. The second-order valence-corrected chi connectivity index (χ2v) is 4.81. The maximum Gasteiger partial charge on any atom is 0.0473 e. The van der Waals surface area contributed by atoms with E-state index in [0.717, 1.165) is 19.5 Å². The average Bonchev–Trinajstić information content (AvgIpc) is 2.82. The van der Waals surface area contributed by atoms with Gasteiger partial charge in [0, 0.05) is 31.3 Å². The molecule has 4 N–H and O–H groups in total. The van der Waals surface area contributed by atoms with Crippen LogP contribution in [0.25, 0.3) is 0 Å². The quantitative estimate of drug-likeness (QED) is 0.540. The molecule has 0 saturated carbocycles. The molecule has 0 aromatic carbocycles. The van der Waals surface area contributed by atoms with Crippen LogP contribution >= 0.6 is 0 Å². The van der Waals surface area contributed by atoms with Gasteiger partial charge >= 0.3 is 0 Å². The van der Waals surface area contributed by atoms with Crippen molar-refractivity contribution in [2.75, 3.05) is 32.8 Å². The normalized spacial score (nSPS) is 36.0. The highest BCUT2D eigenvalue weighted by atomic mass is 16.3. The lowest BCUT2D eigenvalue weighted by Gasteiger charge is -2.35. The molecule has 15 heavy (non-hydrogen) atoms. The Kier molecular flexibility index (Phi) is 3.61. The van der Waals surface area contributed by atoms with Crippen molar-refractivity contribution in [2.45, 2.75) is 37.3 Å². The van der Waals surface area contributed by atoms with E-state index in [1.807, 2.05) is 0 Å². The first-order valence-corrected chi connectivity index (χ1v) is 6.12. The molecule has 2 heterocycles. The lowest BCUT2D eigenvalue weighted by molar-refractivity contribution is 0.219. The summed E-state index contributed by atoms with van der Waals surface area (Å²) in [5.74, 6) is 0. The number of hydrogen-bond donors (Lipinski definition) is 3. The molecular weight excluding hydrogens is 190 g/mol. The van der Waals surface area contributed by atoms with Crippen LogP contribution in [0, 0.1) is 0 Å². The summed E-state index contributed by atoms with van der Waals surface area (Å²) in [6, 6.07) is 0.640. The van der Waals surface area contributed by atoms with Crippen LogP contribution in [0.5, 0.6) is 0 Å². The number of nitrogens with one attached hydrogen (secondary N) is 1. The van der Waals surface area contributed by atoms with E-state index in [-0.39, 0.29) is 12.1 Å². The molecule has 2 atom stereocenters. The predicted molar refractivity (Wildman–Crippen MR) is 60.7 cm³/mol. The summed E-state index contributed by atoms with van der Waals surface area (Å²) in [6.45, 7) is 4.31. The van der Waals surface area contributed by atoms with E-state index in [2.05, 4.69) is 10.2 Å². The Bertz CT molecular complexity index is 212. The third kappa shape index (κ3) is 2.04. The van der Waals surface area contributed by atoms with Gasteiger partial charge in [-0.25, -0.2) is 0 Å². The Morgan fingerprint density at radius 2 is 2.33 bits per heavy atom. The first-order valence-electron chi connectivity index (χ1n) is 6.12. The number of rotatable bonds is 5.